The summed E-state index contributed by atoms with van der Waals surface area (Å²) >= 11 is 0. The Hall–Kier alpha value is -2.10. The van der Waals surface area contributed by atoms with Gasteiger partial charge in [0.25, 0.3) is 0 Å². The second-order valence-electron chi connectivity index (χ2n) is 5.20. The molecule has 0 aliphatic carbocycles. The predicted molar refractivity (Wildman–Crippen MR) is 80.8 cm³/mol. The van der Waals surface area contributed by atoms with Crippen molar-refractivity contribution in [1.29, 1.82) is 0 Å². The highest BCUT2D eigenvalue weighted by Crippen LogP contribution is 2.24. The van der Waals surface area contributed by atoms with Gasteiger partial charge >= 0.3 is 0 Å². The van der Waals surface area contributed by atoms with E-state index in [1.165, 1.54) is 10.8 Å². The third-order valence-corrected chi connectivity index (χ3v) is 3.89. The summed E-state index contributed by atoms with van der Waals surface area (Å²) in [6, 6.07) is 10.4. The smallest absolute Gasteiger partial charge is 0.219 e. The van der Waals surface area contributed by atoms with Crippen LogP contribution in [0.3, 0.4) is 0 Å². The molecule has 0 unspecified atom stereocenters. The van der Waals surface area contributed by atoms with E-state index >= 15 is 0 Å². The van der Waals surface area contributed by atoms with Gasteiger partial charge in [-0.2, -0.15) is 0 Å². The molecule has 1 fully saturated rings. The van der Waals surface area contributed by atoms with Gasteiger partial charge in [-0.15, -0.1) is 0 Å². The molecule has 1 aliphatic rings. The number of pyridine rings is 1. The summed E-state index contributed by atoms with van der Waals surface area (Å²) in [7, 11) is 0. The summed E-state index contributed by atoms with van der Waals surface area (Å²) in [6.07, 6.45) is 2.86. The third-order valence-electron chi connectivity index (χ3n) is 3.89. The molecule has 2 aromatic rings. The molecule has 1 aliphatic heterocycles. The van der Waals surface area contributed by atoms with Crippen molar-refractivity contribution in [3.63, 3.8) is 0 Å². The average Bonchev–Trinajstić information content (AvgIpc) is 2.72. The van der Waals surface area contributed by atoms with E-state index in [9.17, 15) is 4.79 Å². The molecule has 0 spiro atoms. The Kier molecular flexibility index (Phi) is 3.54. The number of amides is 1. The summed E-state index contributed by atoms with van der Waals surface area (Å²) in [6.45, 7) is 5.06. The minimum atomic E-state index is 0.165. The fourth-order valence-corrected chi connectivity index (χ4v) is 2.80. The van der Waals surface area contributed by atoms with Gasteiger partial charge in [0.2, 0.25) is 5.91 Å². The van der Waals surface area contributed by atoms with Crippen LogP contribution >= 0.6 is 0 Å². The van der Waals surface area contributed by atoms with E-state index in [0.29, 0.717) is 0 Å². The number of rotatable bonds is 1. The van der Waals surface area contributed by atoms with Crippen molar-refractivity contribution in [3.8, 4) is 0 Å². The van der Waals surface area contributed by atoms with Gasteiger partial charge in [-0.3, -0.25) is 4.79 Å². The number of anilines is 1. The summed E-state index contributed by atoms with van der Waals surface area (Å²) in [5.41, 5.74) is 0. The Labute approximate surface area is 119 Å². The van der Waals surface area contributed by atoms with Crippen LogP contribution in [-0.4, -0.2) is 42.0 Å². The lowest BCUT2D eigenvalue weighted by Gasteiger charge is -2.23. The topological polar surface area (TPSA) is 36.4 Å². The molecule has 1 aromatic heterocycles. The quantitative estimate of drug-likeness (QED) is 0.797. The second-order valence-corrected chi connectivity index (χ2v) is 5.20. The molecular weight excluding hydrogens is 250 g/mol. The number of aromatic nitrogens is 1. The van der Waals surface area contributed by atoms with Crippen LogP contribution in [0.2, 0.25) is 0 Å². The lowest BCUT2D eigenvalue weighted by Crippen LogP contribution is -2.33. The van der Waals surface area contributed by atoms with Gasteiger partial charge in [0, 0.05) is 44.7 Å². The van der Waals surface area contributed by atoms with Crippen LogP contribution in [0.4, 0.5) is 5.82 Å². The Bertz CT molecular complexity index is 621. The Morgan fingerprint density at radius 2 is 1.95 bits per heavy atom. The van der Waals surface area contributed by atoms with E-state index < -0.39 is 0 Å². The highest BCUT2D eigenvalue weighted by Gasteiger charge is 2.18. The Morgan fingerprint density at radius 1 is 1.10 bits per heavy atom. The second kappa shape index (κ2) is 5.49. The molecule has 2 heterocycles. The van der Waals surface area contributed by atoms with Crippen LogP contribution in [0.15, 0.2) is 36.5 Å². The van der Waals surface area contributed by atoms with Gasteiger partial charge in [0.05, 0.1) is 0 Å². The first-order chi connectivity index (χ1) is 9.75. The van der Waals surface area contributed by atoms with Gasteiger partial charge in [-0.1, -0.05) is 24.3 Å². The lowest BCUT2D eigenvalue weighted by molar-refractivity contribution is -0.128. The number of nitrogens with zero attached hydrogens (tertiary/aromatic N) is 3. The van der Waals surface area contributed by atoms with E-state index in [1.54, 1.807) is 6.92 Å². The van der Waals surface area contributed by atoms with Crippen molar-refractivity contribution < 1.29 is 4.79 Å². The Morgan fingerprint density at radius 3 is 2.80 bits per heavy atom. The fraction of sp³-hybridized carbons (Fsp3) is 0.375. The fourth-order valence-electron chi connectivity index (χ4n) is 2.80. The molecule has 0 atom stereocenters. The van der Waals surface area contributed by atoms with Crippen molar-refractivity contribution in [3.05, 3.63) is 36.5 Å². The molecule has 104 valence electrons. The van der Waals surface area contributed by atoms with Crippen LogP contribution in [0.25, 0.3) is 10.8 Å². The molecule has 1 aromatic carbocycles. The van der Waals surface area contributed by atoms with Crippen molar-refractivity contribution in [2.75, 3.05) is 31.1 Å². The van der Waals surface area contributed by atoms with Gasteiger partial charge in [-0.05, 0) is 17.9 Å². The number of fused-ring (bicyclic) bond motifs is 1. The number of hydrogen-bond acceptors (Lipinski definition) is 3. The zero-order chi connectivity index (χ0) is 13.9. The van der Waals surface area contributed by atoms with E-state index in [1.807, 2.05) is 29.3 Å². The molecule has 0 N–H and O–H groups in total. The minimum Gasteiger partial charge on any atom is -0.354 e. The summed E-state index contributed by atoms with van der Waals surface area (Å²) < 4.78 is 0. The molecule has 1 saturated heterocycles. The average molecular weight is 269 g/mol. The summed E-state index contributed by atoms with van der Waals surface area (Å²) in [4.78, 5) is 20.3. The van der Waals surface area contributed by atoms with Crippen molar-refractivity contribution in [1.82, 2.24) is 9.88 Å². The molecule has 3 rings (SSSR count). The minimum absolute atomic E-state index is 0.165. The van der Waals surface area contributed by atoms with Crippen molar-refractivity contribution >= 4 is 22.5 Å². The van der Waals surface area contributed by atoms with Gasteiger partial charge < -0.3 is 9.80 Å². The maximum Gasteiger partial charge on any atom is 0.219 e. The normalized spacial score (nSPS) is 16.2. The Balaban J connectivity index is 1.89. The predicted octanol–water partition coefficient (Wildman–Crippen LogP) is 2.29. The summed E-state index contributed by atoms with van der Waals surface area (Å²) in [5, 5.41) is 2.40. The van der Waals surface area contributed by atoms with Gasteiger partial charge in [0.15, 0.2) is 0 Å². The first kappa shape index (κ1) is 12.9. The van der Waals surface area contributed by atoms with Gasteiger partial charge in [-0.25, -0.2) is 4.98 Å². The molecule has 4 heteroatoms. The van der Waals surface area contributed by atoms with Crippen molar-refractivity contribution in [2.24, 2.45) is 0 Å². The van der Waals surface area contributed by atoms with E-state index in [2.05, 4.69) is 22.0 Å². The highest BCUT2D eigenvalue weighted by molar-refractivity contribution is 5.92. The van der Waals surface area contributed by atoms with Crippen LogP contribution in [0.1, 0.15) is 13.3 Å². The number of hydrogen-bond donors (Lipinski definition) is 0. The van der Waals surface area contributed by atoms with Crippen LogP contribution in [0, 0.1) is 0 Å². The van der Waals surface area contributed by atoms with Crippen molar-refractivity contribution in [2.45, 2.75) is 13.3 Å². The summed E-state index contributed by atoms with van der Waals surface area (Å²) in [5.74, 6) is 1.20. The molecule has 0 radical (unpaired) electrons. The largest absolute Gasteiger partial charge is 0.354 e. The SMILES string of the molecule is CC(=O)N1CCCN(c2nccc3ccccc23)CC1. The van der Waals surface area contributed by atoms with Crippen LogP contribution < -0.4 is 4.90 Å². The van der Waals surface area contributed by atoms with E-state index in [4.69, 9.17) is 0 Å². The van der Waals surface area contributed by atoms with E-state index in [-0.39, 0.29) is 5.91 Å². The standard InChI is InChI=1S/C16H19N3O/c1-13(20)18-9-4-10-19(12-11-18)16-15-6-3-2-5-14(15)7-8-17-16/h2-3,5-8H,4,9-12H2,1H3. The first-order valence-electron chi connectivity index (χ1n) is 7.10. The molecule has 0 saturated carbocycles. The first-order valence-corrected chi connectivity index (χ1v) is 7.10. The monoisotopic (exact) mass is 269 g/mol. The molecule has 4 nitrogen and oxygen atoms in total. The molecule has 0 bridgehead atoms. The van der Waals surface area contributed by atoms with Crippen LogP contribution in [-0.2, 0) is 4.79 Å². The number of carbonyl (C=O) groups is 1. The van der Waals surface area contributed by atoms with Crippen LogP contribution in [0.5, 0.6) is 0 Å². The van der Waals surface area contributed by atoms with Gasteiger partial charge in [0.1, 0.15) is 5.82 Å². The number of carbonyl (C=O) groups excluding carboxylic acids is 1. The maximum atomic E-state index is 11.5. The maximum absolute atomic E-state index is 11.5. The number of benzene rings is 1. The van der Waals surface area contributed by atoms with E-state index in [0.717, 1.165) is 38.4 Å². The lowest BCUT2D eigenvalue weighted by atomic mass is 10.1. The molecule has 1 amide bonds. The third kappa shape index (κ3) is 2.46. The molecular formula is C16H19N3O. The zero-order valence-corrected chi connectivity index (χ0v) is 11.7. The zero-order valence-electron chi connectivity index (χ0n) is 11.7. The highest BCUT2D eigenvalue weighted by atomic mass is 16.2. The molecule has 20 heavy (non-hydrogen) atoms.